The van der Waals surface area contributed by atoms with Gasteiger partial charge in [-0.15, -0.1) is 0 Å². The number of benzene rings is 2. The largest absolute Gasteiger partial charge is 0.454 e. The van der Waals surface area contributed by atoms with Crippen LogP contribution < -0.4 is 10.5 Å². The number of nitrogen functional groups attached to an aromatic ring is 1. The normalized spacial score (nSPS) is 10.3. The molecule has 2 N–H and O–H groups in total. The van der Waals surface area contributed by atoms with E-state index in [2.05, 4.69) is 0 Å². The molecule has 0 spiro atoms. The Morgan fingerprint density at radius 3 is 2.47 bits per heavy atom. The zero-order valence-electron chi connectivity index (χ0n) is 8.58. The fourth-order valence-corrected chi connectivity index (χ4v) is 1.56. The quantitative estimate of drug-likeness (QED) is 0.824. The molecule has 0 aromatic heterocycles. The first kappa shape index (κ1) is 11.7. The van der Waals surface area contributed by atoms with E-state index < -0.39 is 11.6 Å². The molecular weight excluding hydrogens is 248 g/mol. The van der Waals surface area contributed by atoms with Gasteiger partial charge in [0.1, 0.15) is 11.6 Å². The van der Waals surface area contributed by atoms with Crippen LogP contribution in [-0.2, 0) is 0 Å². The molecule has 0 unspecified atom stereocenters. The van der Waals surface area contributed by atoms with E-state index in [4.69, 9.17) is 22.1 Å². The summed E-state index contributed by atoms with van der Waals surface area (Å²) in [5.74, 6) is -1.25. The highest BCUT2D eigenvalue weighted by Crippen LogP contribution is 2.28. The predicted molar refractivity (Wildman–Crippen MR) is 62.3 cm³/mol. The lowest BCUT2D eigenvalue weighted by atomic mass is 10.3. The number of hydrogen-bond acceptors (Lipinski definition) is 2. The number of anilines is 1. The predicted octanol–water partition coefficient (Wildman–Crippen LogP) is 3.99. The van der Waals surface area contributed by atoms with Gasteiger partial charge in [0.15, 0.2) is 11.6 Å². The van der Waals surface area contributed by atoms with Crippen LogP contribution in [0, 0.1) is 11.6 Å². The second kappa shape index (κ2) is 4.59. The number of halogens is 3. The molecular formula is C12H8ClF2NO. The third-order valence-electron chi connectivity index (χ3n) is 2.02. The van der Waals surface area contributed by atoms with Gasteiger partial charge in [-0.05, 0) is 24.3 Å². The van der Waals surface area contributed by atoms with Crippen LogP contribution in [0.5, 0.6) is 11.5 Å². The van der Waals surface area contributed by atoms with Gasteiger partial charge in [0.05, 0.1) is 0 Å². The zero-order valence-corrected chi connectivity index (χ0v) is 9.34. The molecule has 0 radical (unpaired) electrons. The SMILES string of the molecule is Nc1cc(Cl)cc(Oc2ccc(F)cc2F)c1. The van der Waals surface area contributed by atoms with Crippen molar-refractivity contribution >= 4 is 17.3 Å². The smallest absolute Gasteiger partial charge is 0.168 e. The van der Waals surface area contributed by atoms with Crippen LogP contribution in [0.1, 0.15) is 0 Å². The number of hydrogen-bond donors (Lipinski definition) is 1. The summed E-state index contributed by atoms with van der Waals surface area (Å²) in [6.07, 6.45) is 0. The van der Waals surface area contributed by atoms with Crippen molar-refractivity contribution in [1.29, 1.82) is 0 Å². The summed E-state index contributed by atoms with van der Waals surface area (Å²) in [4.78, 5) is 0. The number of ether oxygens (including phenoxy) is 1. The molecule has 0 saturated carbocycles. The summed E-state index contributed by atoms with van der Waals surface area (Å²) in [6, 6.07) is 7.56. The average Bonchev–Trinajstić information content (AvgIpc) is 2.21. The summed E-state index contributed by atoms with van der Waals surface area (Å²) >= 11 is 5.77. The fourth-order valence-electron chi connectivity index (χ4n) is 1.33. The highest BCUT2D eigenvalue weighted by atomic mass is 35.5. The maximum absolute atomic E-state index is 13.3. The molecule has 0 aliphatic heterocycles. The minimum Gasteiger partial charge on any atom is -0.454 e. The van der Waals surface area contributed by atoms with Gasteiger partial charge < -0.3 is 10.5 Å². The second-order valence-corrected chi connectivity index (χ2v) is 3.83. The molecule has 2 rings (SSSR count). The first-order valence-corrected chi connectivity index (χ1v) is 5.11. The first-order chi connectivity index (χ1) is 8.04. The Balaban J connectivity index is 2.31. The van der Waals surface area contributed by atoms with E-state index in [1.807, 2.05) is 0 Å². The molecule has 88 valence electrons. The molecule has 17 heavy (non-hydrogen) atoms. The van der Waals surface area contributed by atoms with Gasteiger partial charge in [0, 0.05) is 22.8 Å². The highest BCUT2D eigenvalue weighted by molar-refractivity contribution is 6.31. The standard InChI is InChI=1S/C12H8ClF2NO/c13-7-3-9(16)6-10(4-7)17-12-2-1-8(14)5-11(12)15/h1-6H,16H2. The Bertz CT molecular complexity index is 540. The minimum absolute atomic E-state index is 0.0898. The Hall–Kier alpha value is -1.81. The van der Waals surface area contributed by atoms with Crippen LogP contribution in [0.2, 0.25) is 5.02 Å². The van der Waals surface area contributed by atoms with Crippen LogP contribution in [0.4, 0.5) is 14.5 Å². The third kappa shape index (κ3) is 2.85. The van der Waals surface area contributed by atoms with Gasteiger partial charge in [0.25, 0.3) is 0 Å². The molecule has 0 fully saturated rings. The molecule has 0 saturated heterocycles. The van der Waals surface area contributed by atoms with E-state index in [-0.39, 0.29) is 5.75 Å². The average molecular weight is 256 g/mol. The van der Waals surface area contributed by atoms with Crippen LogP contribution in [0.3, 0.4) is 0 Å². The summed E-state index contributed by atoms with van der Waals surface area (Å²) in [5.41, 5.74) is 5.96. The summed E-state index contributed by atoms with van der Waals surface area (Å²) in [5, 5.41) is 0.377. The molecule has 0 bridgehead atoms. The Morgan fingerprint density at radius 1 is 1.06 bits per heavy atom. The van der Waals surface area contributed by atoms with E-state index >= 15 is 0 Å². The molecule has 0 aliphatic carbocycles. The van der Waals surface area contributed by atoms with Crippen molar-refractivity contribution in [2.75, 3.05) is 5.73 Å². The number of rotatable bonds is 2. The van der Waals surface area contributed by atoms with Crippen molar-refractivity contribution in [3.8, 4) is 11.5 Å². The summed E-state index contributed by atoms with van der Waals surface area (Å²) in [7, 11) is 0. The van der Waals surface area contributed by atoms with Gasteiger partial charge in [-0.25, -0.2) is 8.78 Å². The summed E-state index contributed by atoms with van der Waals surface area (Å²) < 4.78 is 31.2. The molecule has 2 nitrogen and oxygen atoms in total. The van der Waals surface area contributed by atoms with Crippen molar-refractivity contribution in [3.63, 3.8) is 0 Å². The van der Waals surface area contributed by atoms with Crippen LogP contribution in [-0.4, -0.2) is 0 Å². The Kier molecular flexibility index (Phi) is 3.15. The van der Waals surface area contributed by atoms with Crippen LogP contribution in [0.15, 0.2) is 36.4 Å². The van der Waals surface area contributed by atoms with Crippen molar-refractivity contribution in [2.24, 2.45) is 0 Å². The first-order valence-electron chi connectivity index (χ1n) is 4.73. The molecule has 2 aromatic rings. The van der Waals surface area contributed by atoms with E-state index in [1.54, 1.807) is 0 Å². The maximum Gasteiger partial charge on any atom is 0.168 e. The maximum atomic E-state index is 13.3. The number of nitrogens with two attached hydrogens (primary N) is 1. The Morgan fingerprint density at radius 2 is 1.82 bits per heavy atom. The van der Waals surface area contributed by atoms with Gasteiger partial charge in [-0.3, -0.25) is 0 Å². The van der Waals surface area contributed by atoms with E-state index in [0.717, 1.165) is 12.1 Å². The van der Waals surface area contributed by atoms with Crippen LogP contribution in [0.25, 0.3) is 0 Å². The van der Waals surface area contributed by atoms with Crippen molar-refractivity contribution in [2.45, 2.75) is 0 Å². The van der Waals surface area contributed by atoms with Gasteiger partial charge in [-0.2, -0.15) is 0 Å². The topological polar surface area (TPSA) is 35.2 Å². The summed E-state index contributed by atoms with van der Waals surface area (Å²) in [6.45, 7) is 0. The van der Waals surface area contributed by atoms with E-state index in [9.17, 15) is 8.78 Å². The van der Waals surface area contributed by atoms with E-state index in [0.29, 0.717) is 16.5 Å². The fraction of sp³-hybridized carbons (Fsp3) is 0. The molecule has 2 aromatic carbocycles. The highest BCUT2D eigenvalue weighted by Gasteiger charge is 2.07. The Labute approximate surface area is 102 Å². The lowest BCUT2D eigenvalue weighted by molar-refractivity contribution is 0.438. The van der Waals surface area contributed by atoms with Crippen molar-refractivity contribution in [3.05, 3.63) is 53.1 Å². The molecule has 0 heterocycles. The molecule has 0 atom stereocenters. The van der Waals surface area contributed by atoms with Crippen molar-refractivity contribution < 1.29 is 13.5 Å². The van der Waals surface area contributed by atoms with Gasteiger partial charge >= 0.3 is 0 Å². The van der Waals surface area contributed by atoms with Crippen LogP contribution >= 0.6 is 11.6 Å². The zero-order chi connectivity index (χ0) is 12.4. The molecule has 0 aliphatic rings. The van der Waals surface area contributed by atoms with Gasteiger partial charge in [0.2, 0.25) is 0 Å². The van der Waals surface area contributed by atoms with E-state index in [1.165, 1.54) is 24.3 Å². The monoisotopic (exact) mass is 255 g/mol. The second-order valence-electron chi connectivity index (χ2n) is 3.40. The molecule has 5 heteroatoms. The lowest BCUT2D eigenvalue weighted by Crippen LogP contribution is -1.91. The minimum atomic E-state index is -0.788. The molecule has 0 amide bonds. The van der Waals surface area contributed by atoms with Gasteiger partial charge in [-0.1, -0.05) is 11.6 Å². The lowest BCUT2D eigenvalue weighted by Gasteiger charge is -2.07. The van der Waals surface area contributed by atoms with Crippen molar-refractivity contribution in [1.82, 2.24) is 0 Å². The third-order valence-corrected chi connectivity index (χ3v) is 2.23.